The predicted molar refractivity (Wildman–Crippen MR) is 108 cm³/mol. The molecular formula is C18H13IN4O2S. The molecule has 8 heteroatoms. The number of nitrogens with one attached hydrogen (secondary N) is 1. The van der Waals surface area contributed by atoms with E-state index in [0.717, 1.165) is 14.8 Å². The summed E-state index contributed by atoms with van der Waals surface area (Å²) in [6, 6.07) is 15.6. The molecule has 2 heterocycles. The van der Waals surface area contributed by atoms with Gasteiger partial charge in [-0.3, -0.25) is 9.12 Å². The molecule has 2 aromatic heterocycles. The number of rotatable bonds is 4. The van der Waals surface area contributed by atoms with Crippen molar-refractivity contribution in [2.45, 2.75) is 4.90 Å². The van der Waals surface area contributed by atoms with Crippen LogP contribution in [0.5, 0.6) is 0 Å². The summed E-state index contributed by atoms with van der Waals surface area (Å²) in [5, 5.41) is 0. The van der Waals surface area contributed by atoms with Crippen LogP contribution >= 0.6 is 22.6 Å². The quantitative estimate of drug-likeness (QED) is 0.455. The van der Waals surface area contributed by atoms with Crippen LogP contribution in [0.4, 0.5) is 5.69 Å². The van der Waals surface area contributed by atoms with Gasteiger partial charge < -0.3 is 0 Å². The number of hydrogen-bond acceptors (Lipinski definition) is 4. The van der Waals surface area contributed by atoms with Crippen LogP contribution < -0.4 is 4.72 Å². The van der Waals surface area contributed by atoms with Crippen molar-refractivity contribution in [3.63, 3.8) is 0 Å². The number of imidazole rings is 1. The van der Waals surface area contributed by atoms with Gasteiger partial charge in [-0.05, 0) is 65.1 Å². The Balaban J connectivity index is 1.66. The van der Waals surface area contributed by atoms with Crippen LogP contribution in [0.25, 0.3) is 17.0 Å². The van der Waals surface area contributed by atoms with Gasteiger partial charge in [0, 0.05) is 33.4 Å². The van der Waals surface area contributed by atoms with Crippen molar-refractivity contribution in [2.75, 3.05) is 4.72 Å². The molecule has 4 rings (SSSR count). The lowest BCUT2D eigenvalue weighted by molar-refractivity contribution is 0.601. The van der Waals surface area contributed by atoms with Crippen LogP contribution in [-0.4, -0.2) is 22.8 Å². The first-order valence-electron chi connectivity index (χ1n) is 7.70. The summed E-state index contributed by atoms with van der Waals surface area (Å²) in [5.41, 5.74) is 2.00. The van der Waals surface area contributed by atoms with Gasteiger partial charge in [0.25, 0.3) is 10.0 Å². The molecule has 0 unspecified atom stereocenters. The lowest BCUT2D eigenvalue weighted by Gasteiger charge is -2.09. The van der Waals surface area contributed by atoms with Crippen LogP contribution in [0.1, 0.15) is 0 Å². The smallest absolute Gasteiger partial charge is 0.261 e. The van der Waals surface area contributed by atoms with Crippen LogP contribution in [0.2, 0.25) is 0 Å². The maximum atomic E-state index is 12.6. The first kappa shape index (κ1) is 17.0. The van der Waals surface area contributed by atoms with Crippen molar-refractivity contribution in [3.8, 4) is 11.3 Å². The molecule has 26 heavy (non-hydrogen) atoms. The minimum Gasteiger partial charge on any atom is -0.291 e. The third kappa shape index (κ3) is 3.42. The first-order valence-corrected chi connectivity index (χ1v) is 10.3. The average Bonchev–Trinajstić information content (AvgIpc) is 3.06. The molecule has 4 aromatic rings. The van der Waals surface area contributed by atoms with Gasteiger partial charge in [-0.2, -0.15) is 0 Å². The Bertz CT molecular complexity index is 1150. The molecule has 0 radical (unpaired) electrons. The Morgan fingerprint density at radius 2 is 1.85 bits per heavy atom. The van der Waals surface area contributed by atoms with E-state index in [2.05, 4.69) is 37.3 Å². The Labute approximate surface area is 164 Å². The maximum Gasteiger partial charge on any atom is 0.261 e. The first-order chi connectivity index (χ1) is 12.5. The van der Waals surface area contributed by atoms with E-state index in [1.165, 1.54) is 0 Å². The van der Waals surface area contributed by atoms with Gasteiger partial charge in [0.2, 0.25) is 5.78 Å². The molecule has 0 aliphatic carbocycles. The number of hydrogen-bond donors (Lipinski definition) is 1. The number of fused-ring (bicyclic) bond motifs is 1. The highest BCUT2D eigenvalue weighted by molar-refractivity contribution is 14.1. The average molecular weight is 476 g/mol. The summed E-state index contributed by atoms with van der Waals surface area (Å²) in [4.78, 5) is 8.88. The van der Waals surface area contributed by atoms with Crippen molar-refractivity contribution < 1.29 is 8.42 Å². The molecule has 0 fully saturated rings. The van der Waals surface area contributed by atoms with Crippen LogP contribution in [0, 0.1) is 3.57 Å². The molecule has 0 bridgehead atoms. The van der Waals surface area contributed by atoms with E-state index in [0.29, 0.717) is 11.5 Å². The van der Waals surface area contributed by atoms with Gasteiger partial charge in [0.1, 0.15) is 0 Å². The van der Waals surface area contributed by atoms with E-state index >= 15 is 0 Å². The van der Waals surface area contributed by atoms with E-state index < -0.39 is 10.0 Å². The summed E-state index contributed by atoms with van der Waals surface area (Å²) < 4.78 is 30.5. The highest BCUT2D eigenvalue weighted by Gasteiger charge is 2.14. The molecule has 1 N–H and O–H groups in total. The van der Waals surface area contributed by atoms with E-state index in [9.17, 15) is 8.42 Å². The summed E-state index contributed by atoms with van der Waals surface area (Å²) in [6.07, 6.45) is 5.40. The zero-order valence-corrected chi connectivity index (χ0v) is 16.3. The van der Waals surface area contributed by atoms with E-state index in [-0.39, 0.29) is 4.90 Å². The second kappa shape index (κ2) is 6.69. The van der Waals surface area contributed by atoms with Crippen LogP contribution in [-0.2, 0) is 10.0 Å². The minimum absolute atomic E-state index is 0.222. The zero-order chi connectivity index (χ0) is 18.1. The molecule has 0 spiro atoms. The van der Waals surface area contributed by atoms with Crippen molar-refractivity contribution in [2.24, 2.45) is 0 Å². The summed E-state index contributed by atoms with van der Waals surface area (Å²) in [6.45, 7) is 0. The summed E-state index contributed by atoms with van der Waals surface area (Å²) in [5.74, 6) is 0.590. The predicted octanol–water partition coefficient (Wildman–Crippen LogP) is 3.80. The Kier molecular flexibility index (Phi) is 4.37. The largest absolute Gasteiger partial charge is 0.291 e. The Hall–Kier alpha value is -2.46. The van der Waals surface area contributed by atoms with Crippen molar-refractivity contribution in [1.82, 2.24) is 14.4 Å². The fourth-order valence-electron chi connectivity index (χ4n) is 2.54. The van der Waals surface area contributed by atoms with Crippen molar-refractivity contribution in [1.29, 1.82) is 0 Å². The number of nitrogens with zero attached hydrogens (tertiary/aromatic N) is 3. The van der Waals surface area contributed by atoms with Crippen LogP contribution in [0.15, 0.2) is 78.1 Å². The van der Waals surface area contributed by atoms with E-state index in [4.69, 9.17) is 0 Å². The second-order valence-corrected chi connectivity index (χ2v) is 8.52. The SMILES string of the molecule is O=S(=O)(Nc1cccc(-c2cn3cccnc3n2)c1)c1ccc(I)cc1. The molecular weight excluding hydrogens is 463 g/mol. The number of anilines is 1. The molecule has 0 aliphatic heterocycles. The van der Waals surface area contributed by atoms with Gasteiger partial charge in [-0.25, -0.2) is 18.4 Å². The zero-order valence-electron chi connectivity index (χ0n) is 13.4. The van der Waals surface area contributed by atoms with Crippen LogP contribution in [0.3, 0.4) is 0 Å². The number of aromatic nitrogens is 3. The standard InChI is InChI=1S/C18H13IN4O2S/c19-14-5-7-16(8-6-14)26(24,25)22-15-4-1-3-13(11-15)17-12-23-10-2-9-20-18(23)21-17/h1-12,22H. The Morgan fingerprint density at radius 3 is 2.62 bits per heavy atom. The number of benzene rings is 2. The normalized spacial score (nSPS) is 11.6. The van der Waals surface area contributed by atoms with Crippen molar-refractivity contribution in [3.05, 3.63) is 76.8 Å². The van der Waals surface area contributed by atoms with Gasteiger partial charge in [0.05, 0.1) is 10.6 Å². The topological polar surface area (TPSA) is 76.4 Å². The van der Waals surface area contributed by atoms with Gasteiger partial charge in [0.15, 0.2) is 0 Å². The molecule has 6 nitrogen and oxygen atoms in total. The highest BCUT2D eigenvalue weighted by Crippen LogP contribution is 2.24. The molecule has 0 amide bonds. The lowest BCUT2D eigenvalue weighted by Crippen LogP contribution is -2.12. The molecule has 0 atom stereocenters. The van der Waals surface area contributed by atoms with Gasteiger partial charge in [-0.1, -0.05) is 12.1 Å². The third-order valence-corrected chi connectivity index (χ3v) is 5.89. The van der Waals surface area contributed by atoms with E-state index in [1.54, 1.807) is 48.7 Å². The fraction of sp³-hybridized carbons (Fsp3) is 0. The fourth-order valence-corrected chi connectivity index (χ4v) is 3.95. The number of halogens is 1. The molecule has 0 saturated heterocycles. The molecule has 0 saturated carbocycles. The molecule has 2 aromatic carbocycles. The minimum atomic E-state index is -3.64. The maximum absolute atomic E-state index is 12.6. The second-order valence-electron chi connectivity index (χ2n) is 5.59. The van der Waals surface area contributed by atoms with Gasteiger partial charge in [-0.15, -0.1) is 0 Å². The Morgan fingerprint density at radius 1 is 1.04 bits per heavy atom. The van der Waals surface area contributed by atoms with E-state index in [1.807, 2.05) is 28.9 Å². The monoisotopic (exact) mass is 476 g/mol. The third-order valence-electron chi connectivity index (χ3n) is 3.77. The molecule has 0 aliphatic rings. The van der Waals surface area contributed by atoms with Crippen molar-refractivity contribution >= 4 is 44.1 Å². The molecule has 130 valence electrons. The summed E-state index contributed by atoms with van der Waals surface area (Å²) >= 11 is 2.14. The lowest BCUT2D eigenvalue weighted by atomic mass is 10.1. The highest BCUT2D eigenvalue weighted by atomic mass is 127. The number of sulfonamides is 1. The van der Waals surface area contributed by atoms with Gasteiger partial charge >= 0.3 is 0 Å². The summed E-state index contributed by atoms with van der Waals surface area (Å²) in [7, 11) is -3.64.